The molecular formula is C8H7N3O. The van der Waals surface area contributed by atoms with Crippen molar-refractivity contribution in [1.29, 1.82) is 0 Å². The number of nitrogens with two attached hydrogens (primary N) is 1. The van der Waals surface area contributed by atoms with Crippen molar-refractivity contribution in [2.24, 2.45) is 0 Å². The number of aldehydes is 1. The van der Waals surface area contributed by atoms with E-state index in [2.05, 4.69) is 4.98 Å². The Morgan fingerprint density at radius 1 is 1.58 bits per heavy atom. The maximum atomic E-state index is 10.4. The fourth-order valence-electron chi connectivity index (χ4n) is 1.09. The zero-order valence-corrected chi connectivity index (χ0v) is 6.27. The first-order valence-corrected chi connectivity index (χ1v) is 3.49. The number of anilines is 1. The molecule has 0 aromatic carbocycles. The molecule has 2 aromatic rings. The monoisotopic (exact) mass is 161 g/mol. The molecule has 4 nitrogen and oxygen atoms in total. The highest BCUT2D eigenvalue weighted by Crippen LogP contribution is 2.08. The van der Waals surface area contributed by atoms with E-state index >= 15 is 0 Å². The molecule has 0 unspecified atom stereocenters. The number of carbonyl (C=O) groups is 1. The average Bonchev–Trinajstić information content (AvgIpc) is 2.47. The van der Waals surface area contributed by atoms with Crippen molar-refractivity contribution >= 4 is 17.8 Å². The standard InChI is InChI=1S/C8H7N3O/c9-7-4-10-8-3-6(5-12)1-2-11(7)8/h1-5H,9H2. The maximum absolute atomic E-state index is 10.4. The molecule has 2 heterocycles. The Morgan fingerprint density at radius 3 is 3.17 bits per heavy atom. The second kappa shape index (κ2) is 2.34. The minimum absolute atomic E-state index is 0.572. The Bertz CT molecular complexity index is 433. The number of nitrogens with zero attached hydrogens (tertiary/aromatic N) is 2. The van der Waals surface area contributed by atoms with Crippen LogP contribution < -0.4 is 5.73 Å². The quantitative estimate of drug-likeness (QED) is 0.627. The van der Waals surface area contributed by atoms with Crippen LogP contribution in [0, 0.1) is 0 Å². The molecule has 0 fully saturated rings. The molecule has 0 aliphatic heterocycles. The molecule has 12 heavy (non-hydrogen) atoms. The SMILES string of the molecule is Nc1cnc2cc(C=O)ccn12. The first-order chi connectivity index (χ1) is 5.81. The van der Waals surface area contributed by atoms with Crippen molar-refractivity contribution in [1.82, 2.24) is 9.38 Å². The van der Waals surface area contributed by atoms with Crippen molar-refractivity contribution in [3.8, 4) is 0 Å². The maximum Gasteiger partial charge on any atom is 0.150 e. The summed E-state index contributed by atoms with van der Waals surface area (Å²) in [6, 6.07) is 3.38. The number of hydrogen-bond acceptors (Lipinski definition) is 3. The van der Waals surface area contributed by atoms with Crippen LogP contribution in [-0.4, -0.2) is 15.7 Å². The smallest absolute Gasteiger partial charge is 0.150 e. The third kappa shape index (κ3) is 0.852. The number of rotatable bonds is 1. The van der Waals surface area contributed by atoms with Crippen LogP contribution in [0.2, 0.25) is 0 Å². The molecule has 0 atom stereocenters. The van der Waals surface area contributed by atoms with E-state index in [1.165, 1.54) is 0 Å². The van der Waals surface area contributed by atoms with Gasteiger partial charge >= 0.3 is 0 Å². The lowest BCUT2D eigenvalue weighted by molar-refractivity contribution is 0.112. The molecule has 0 amide bonds. The van der Waals surface area contributed by atoms with Gasteiger partial charge in [0.15, 0.2) is 0 Å². The lowest BCUT2D eigenvalue weighted by Crippen LogP contribution is -1.92. The molecule has 0 aliphatic carbocycles. The molecule has 0 spiro atoms. The van der Waals surface area contributed by atoms with Crippen molar-refractivity contribution < 1.29 is 4.79 Å². The number of aromatic nitrogens is 2. The van der Waals surface area contributed by atoms with Gasteiger partial charge in [0.1, 0.15) is 17.8 Å². The summed E-state index contributed by atoms with van der Waals surface area (Å²) in [5.41, 5.74) is 6.88. The molecule has 2 N–H and O–H groups in total. The molecule has 60 valence electrons. The summed E-state index contributed by atoms with van der Waals surface area (Å²) in [5, 5.41) is 0. The number of hydrogen-bond donors (Lipinski definition) is 1. The third-order valence-electron chi connectivity index (χ3n) is 1.70. The van der Waals surface area contributed by atoms with E-state index in [4.69, 9.17) is 5.73 Å². The Kier molecular flexibility index (Phi) is 1.33. The van der Waals surface area contributed by atoms with Gasteiger partial charge < -0.3 is 5.73 Å². The molecule has 2 aromatic heterocycles. The van der Waals surface area contributed by atoms with E-state index in [0.29, 0.717) is 17.0 Å². The molecule has 0 saturated heterocycles. The topological polar surface area (TPSA) is 60.4 Å². The highest BCUT2D eigenvalue weighted by atomic mass is 16.1. The van der Waals surface area contributed by atoms with E-state index in [1.807, 2.05) is 0 Å². The minimum atomic E-state index is 0.572. The molecule has 0 aliphatic rings. The van der Waals surface area contributed by atoms with Gasteiger partial charge in [-0.2, -0.15) is 0 Å². The van der Waals surface area contributed by atoms with Gasteiger partial charge in [0.25, 0.3) is 0 Å². The summed E-state index contributed by atoms with van der Waals surface area (Å²) in [6.45, 7) is 0. The van der Waals surface area contributed by atoms with Crippen LogP contribution in [0.3, 0.4) is 0 Å². The highest BCUT2D eigenvalue weighted by molar-refractivity contribution is 5.76. The van der Waals surface area contributed by atoms with Gasteiger partial charge in [-0.25, -0.2) is 4.98 Å². The molecular weight excluding hydrogens is 154 g/mol. The van der Waals surface area contributed by atoms with Crippen LogP contribution in [0.4, 0.5) is 5.82 Å². The summed E-state index contributed by atoms with van der Waals surface area (Å²) in [7, 11) is 0. The van der Waals surface area contributed by atoms with Gasteiger partial charge in [-0.3, -0.25) is 9.20 Å². The normalized spacial score (nSPS) is 10.3. The number of imidazole rings is 1. The van der Waals surface area contributed by atoms with Crippen LogP contribution >= 0.6 is 0 Å². The second-order valence-corrected chi connectivity index (χ2v) is 2.49. The second-order valence-electron chi connectivity index (χ2n) is 2.49. The zero-order chi connectivity index (χ0) is 8.55. The fourth-order valence-corrected chi connectivity index (χ4v) is 1.09. The van der Waals surface area contributed by atoms with Crippen LogP contribution in [0.25, 0.3) is 5.65 Å². The number of pyridine rings is 1. The van der Waals surface area contributed by atoms with Crippen molar-refractivity contribution in [2.75, 3.05) is 5.73 Å². The summed E-state index contributed by atoms with van der Waals surface area (Å²) >= 11 is 0. The predicted molar refractivity (Wildman–Crippen MR) is 45.0 cm³/mol. The van der Waals surface area contributed by atoms with Gasteiger partial charge in [-0.15, -0.1) is 0 Å². The van der Waals surface area contributed by atoms with Crippen molar-refractivity contribution in [3.05, 3.63) is 30.1 Å². The summed E-state index contributed by atoms with van der Waals surface area (Å²) in [6.07, 6.45) is 4.07. The average molecular weight is 161 g/mol. The Morgan fingerprint density at radius 2 is 2.42 bits per heavy atom. The van der Waals surface area contributed by atoms with Crippen LogP contribution in [-0.2, 0) is 0 Å². The zero-order valence-electron chi connectivity index (χ0n) is 6.27. The van der Waals surface area contributed by atoms with E-state index in [0.717, 1.165) is 6.29 Å². The largest absolute Gasteiger partial charge is 0.383 e. The van der Waals surface area contributed by atoms with Gasteiger partial charge in [0, 0.05) is 11.8 Å². The van der Waals surface area contributed by atoms with Gasteiger partial charge in [0.2, 0.25) is 0 Å². The van der Waals surface area contributed by atoms with Crippen molar-refractivity contribution in [3.63, 3.8) is 0 Å². The highest BCUT2D eigenvalue weighted by Gasteiger charge is 1.98. The summed E-state index contributed by atoms with van der Waals surface area (Å²) in [4.78, 5) is 14.4. The molecule has 2 rings (SSSR count). The lowest BCUT2D eigenvalue weighted by Gasteiger charge is -1.95. The summed E-state index contributed by atoms with van der Waals surface area (Å²) in [5.74, 6) is 0.572. The summed E-state index contributed by atoms with van der Waals surface area (Å²) < 4.78 is 1.72. The predicted octanol–water partition coefficient (Wildman–Crippen LogP) is 0.729. The Labute approximate surface area is 68.6 Å². The number of carbonyl (C=O) groups excluding carboxylic acids is 1. The first-order valence-electron chi connectivity index (χ1n) is 3.49. The van der Waals surface area contributed by atoms with E-state index < -0.39 is 0 Å². The fraction of sp³-hybridized carbons (Fsp3) is 0. The van der Waals surface area contributed by atoms with Gasteiger partial charge in [-0.1, -0.05) is 0 Å². The van der Waals surface area contributed by atoms with Crippen LogP contribution in [0.5, 0.6) is 0 Å². The van der Waals surface area contributed by atoms with Gasteiger partial charge in [-0.05, 0) is 12.1 Å². The minimum Gasteiger partial charge on any atom is -0.383 e. The molecule has 0 bridgehead atoms. The Balaban J connectivity index is 2.77. The molecule has 0 radical (unpaired) electrons. The third-order valence-corrected chi connectivity index (χ3v) is 1.70. The van der Waals surface area contributed by atoms with E-state index in [9.17, 15) is 4.79 Å². The number of fused-ring (bicyclic) bond motifs is 1. The van der Waals surface area contributed by atoms with Gasteiger partial charge in [0.05, 0.1) is 6.20 Å². The van der Waals surface area contributed by atoms with Crippen LogP contribution in [0.1, 0.15) is 10.4 Å². The number of nitrogen functional groups attached to an aromatic ring is 1. The van der Waals surface area contributed by atoms with E-state index in [-0.39, 0.29) is 0 Å². The molecule has 0 saturated carbocycles. The van der Waals surface area contributed by atoms with Crippen molar-refractivity contribution in [2.45, 2.75) is 0 Å². The first kappa shape index (κ1) is 6.84. The van der Waals surface area contributed by atoms with Crippen LogP contribution in [0.15, 0.2) is 24.5 Å². The van der Waals surface area contributed by atoms with E-state index in [1.54, 1.807) is 28.9 Å². The lowest BCUT2D eigenvalue weighted by atomic mass is 10.3. The Hall–Kier alpha value is -1.84. The molecule has 4 heteroatoms.